The Kier molecular flexibility index (Phi) is 3.78. The summed E-state index contributed by atoms with van der Waals surface area (Å²) >= 11 is 0. The lowest BCUT2D eigenvalue weighted by molar-refractivity contribution is 0.0940. The molecule has 0 fully saturated rings. The van der Waals surface area contributed by atoms with Crippen LogP contribution in [0.2, 0.25) is 0 Å². The molecule has 0 saturated carbocycles. The first kappa shape index (κ1) is 14.1. The number of carbonyl (C=O) groups excluding carboxylic acids is 1. The maximum Gasteiger partial charge on any atom is 0.257 e. The van der Waals surface area contributed by atoms with Crippen LogP contribution in [0, 0.1) is 0 Å². The van der Waals surface area contributed by atoms with E-state index in [0.717, 1.165) is 11.4 Å². The number of carbonyl (C=O) groups is 1. The zero-order valence-corrected chi connectivity index (χ0v) is 12.6. The zero-order valence-electron chi connectivity index (χ0n) is 12.6. The number of rotatable bonds is 4. The largest absolute Gasteiger partial charge is 0.345 e. The van der Waals surface area contributed by atoms with E-state index in [2.05, 4.69) is 10.4 Å². The molecule has 0 spiro atoms. The number of benzene rings is 1. The highest BCUT2D eigenvalue weighted by atomic mass is 16.1. The number of hydrogen-bond acceptors (Lipinski definition) is 2. The summed E-state index contributed by atoms with van der Waals surface area (Å²) in [5.74, 6) is 0.621. The average Bonchev–Trinajstić information content (AvgIpc) is 3.17. The van der Waals surface area contributed by atoms with Crippen LogP contribution in [0.25, 0.3) is 5.82 Å². The highest BCUT2D eigenvalue weighted by Gasteiger charge is 2.19. The van der Waals surface area contributed by atoms with Gasteiger partial charge in [0.05, 0.1) is 12.2 Å². The number of amides is 1. The molecule has 0 aliphatic carbocycles. The van der Waals surface area contributed by atoms with Gasteiger partial charge in [-0.15, -0.1) is 0 Å². The number of hydrogen-bond donors (Lipinski definition) is 1. The van der Waals surface area contributed by atoms with Crippen LogP contribution in [-0.4, -0.2) is 20.3 Å². The molecule has 112 valence electrons. The summed E-state index contributed by atoms with van der Waals surface area (Å²) in [6.45, 7) is 1.97. The average molecular weight is 294 g/mol. The Morgan fingerprint density at radius 1 is 1.14 bits per heavy atom. The molecule has 0 saturated heterocycles. The molecular formula is C17H18N4O. The number of aryl methyl sites for hydroxylation is 1. The Labute approximate surface area is 129 Å². The van der Waals surface area contributed by atoms with E-state index in [-0.39, 0.29) is 11.9 Å². The lowest BCUT2D eigenvalue weighted by Gasteiger charge is -2.14. The van der Waals surface area contributed by atoms with E-state index in [1.165, 1.54) is 0 Å². The summed E-state index contributed by atoms with van der Waals surface area (Å²) < 4.78 is 3.58. The second kappa shape index (κ2) is 5.89. The van der Waals surface area contributed by atoms with Crippen LogP contribution in [0.1, 0.15) is 28.9 Å². The van der Waals surface area contributed by atoms with Gasteiger partial charge in [-0.05, 0) is 24.6 Å². The van der Waals surface area contributed by atoms with Crippen molar-refractivity contribution in [3.05, 3.63) is 72.2 Å². The second-order valence-corrected chi connectivity index (χ2v) is 5.20. The topological polar surface area (TPSA) is 51.9 Å². The minimum Gasteiger partial charge on any atom is -0.345 e. The fraction of sp³-hybridized carbons (Fsp3) is 0.176. The first-order chi connectivity index (χ1) is 10.7. The maximum atomic E-state index is 12.6. The highest BCUT2D eigenvalue weighted by molar-refractivity contribution is 5.97. The van der Waals surface area contributed by atoms with Crippen LogP contribution in [0.15, 0.2) is 61.1 Å². The van der Waals surface area contributed by atoms with Gasteiger partial charge in [-0.1, -0.05) is 30.3 Å². The van der Waals surface area contributed by atoms with Crippen molar-refractivity contribution >= 4 is 5.91 Å². The molecule has 22 heavy (non-hydrogen) atoms. The van der Waals surface area contributed by atoms with Crippen molar-refractivity contribution in [1.82, 2.24) is 19.7 Å². The van der Waals surface area contributed by atoms with Crippen LogP contribution < -0.4 is 5.32 Å². The Hall–Kier alpha value is -2.82. The molecule has 3 rings (SSSR count). The van der Waals surface area contributed by atoms with Gasteiger partial charge in [0.1, 0.15) is 11.4 Å². The normalized spacial score (nSPS) is 12.1. The predicted molar refractivity (Wildman–Crippen MR) is 84.9 cm³/mol. The smallest absolute Gasteiger partial charge is 0.257 e. The van der Waals surface area contributed by atoms with E-state index in [1.807, 2.05) is 73.4 Å². The van der Waals surface area contributed by atoms with Crippen molar-refractivity contribution in [2.24, 2.45) is 7.05 Å². The van der Waals surface area contributed by atoms with E-state index >= 15 is 0 Å². The molecule has 0 aliphatic heterocycles. The van der Waals surface area contributed by atoms with Crippen LogP contribution in [0.4, 0.5) is 0 Å². The lowest BCUT2D eigenvalue weighted by atomic mass is 10.1. The minimum atomic E-state index is -0.131. The summed E-state index contributed by atoms with van der Waals surface area (Å²) in [6, 6.07) is 13.7. The van der Waals surface area contributed by atoms with Crippen molar-refractivity contribution in [2.45, 2.75) is 13.0 Å². The molecule has 0 radical (unpaired) electrons. The van der Waals surface area contributed by atoms with Crippen LogP contribution in [0.5, 0.6) is 0 Å². The van der Waals surface area contributed by atoms with Gasteiger partial charge in [0.25, 0.3) is 5.91 Å². The van der Waals surface area contributed by atoms with Gasteiger partial charge in [-0.2, -0.15) is 5.10 Å². The first-order valence-corrected chi connectivity index (χ1v) is 7.18. The monoisotopic (exact) mass is 294 g/mol. The molecule has 2 aromatic heterocycles. The van der Waals surface area contributed by atoms with Crippen molar-refractivity contribution in [3.63, 3.8) is 0 Å². The Bertz CT molecular complexity index is 759. The molecular weight excluding hydrogens is 276 g/mol. The number of nitrogens with zero attached hydrogens (tertiary/aromatic N) is 3. The molecule has 1 N–H and O–H groups in total. The predicted octanol–water partition coefficient (Wildman–Crippen LogP) is 2.70. The third-order valence-corrected chi connectivity index (χ3v) is 3.65. The number of aromatic nitrogens is 3. The third kappa shape index (κ3) is 2.65. The molecule has 2 heterocycles. The SMILES string of the molecule is C[C@@H](NC(=O)c1cnn(C)c1-n1cccc1)c1ccccc1. The summed E-state index contributed by atoms with van der Waals surface area (Å²) in [7, 11) is 1.83. The molecule has 0 bridgehead atoms. The van der Waals surface area contributed by atoms with Gasteiger partial charge in [-0.3, -0.25) is 9.48 Å². The second-order valence-electron chi connectivity index (χ2n) is 5.20. The van der Waals surface area contributed by atoms with Crippen molar-refractivity contribution in [2.75, 3.05) is 0 Å². The van der Waals surface area contributed by atoms with Crippen molar-refractivity contribution < 1.29 is 4.79 Å². The van der Waals surface area contributed by atoms with Crippen molar-refractivity contribution in [1.29, 1.82) is 0 Å². The fourth-order valence-corrected chi connectivity index (χ4v) is 2.47. The van der Waals surface area contributed by atoms with E-state index in [0.29, 0.717) is 5.56 Å². The standard InChI is InChI=1S/C17H18N4O/c1-13(14-8-4-3-5-9-14)19-16(22)15-12-18-20(2)17(15)21-10-6-7-11-21/h3-13H,1-2H3,(H,19,22)/t13-/m1/s1. The highest BCUT2D eigenvalue weighted by Crippen LogP contribution is 2.17. The molecule has 3 aromatic rings. The molecule has 5 nitrogen and oxygen atoms in total. The maximum absolute atomic E-state index is 12.6. The van der Waals surface area contributed by atoms with E-state index in [1.54, 1.807) is 10.9 Å². The van der Waals surface area contributed by atoms with Gasteiger partial charge < -0.3 is 9.88 Å². The molecule has 0 aliphatic rings. The van der Waals surface area contributed by atoms with Crippen LogP contribution in [-0.2, 0) is 7.05 Å². The molecule has 1 aromatic carbocycles. The Balaban J connectivity index is 1.85. The fourth-order valence-electron chi connectivity index (χ4n) is 2.47. The molecule has 5 heteroatoms. The summed E-state index contributed by atoms with van der Waals surface area (Å²) in [5, 5.41) is 7.23. The summed E-state index contributed by atoms with van der Waals surface area (Å²) in [6.07, 6.45) is 5.39. The molecule has 1 amide bonds. The number of nitrogens with one attached hydrogen (secondary N) is 1. The summed E-state index contributed by atoms with van der Waals surface area (Å²) in [5.41, 5.74) is 1.63. The van der Waals surface area contributed by atoms with E-state index in [9.17, 15) is 4.79 Å². The lowest BCUT2D eigenvalue weighted by Crippen LogP contribution is -2.27. The van der Waals surface area contributed by atoms with Gasteiger partial charge in [-0.25, -0.2) is 0 Å². The molecule has 1 atom stereocenters. The van der Waals surface area contributed by atoms with Crippen LogP contribution in [0.3, 0.4) is 0 Å². The van der Waals surface area contributed by atoms with Gasteiger partial charge in [0, 0.05) is 19.4 Å². The van der Waals surface area contributed by atoms with E-state index in [4.69, 9.17) is 0 Å². The Morgan fingerprint density at radius 3 is 2.50 bits per heavy atom. The molecule has 0 unspecified atom stereocenters. The third-order valence-electron chi connectivity index (χ3n) is 3.65. The van der Waals surface area contributed by atoms with Gasteiger partial charge in [0.2, 0.25) is 0 Å². The van der Waals surface area contributed by atoms with Gasteiger partial charge >= 0.3 is 0 Å². The van der Waals surface area contributed by atoms with E-state index < -0.39 is 0 Å². The van der Waals surface area contributed by atoms with Gasteiger partial charge in [0.15, 0.2) is 0 Å². The first-order valence-electron chi connectivity index (χ1n) is 7.18. The zero-order chi connectivity index (χ0) is 15.5. The minimum absolute atomic E-state index is 0.0635. The quantitative estimate of drug-likeness (QED) is 0.804. The summed E-state index contributed by atoms with van der Waals surface area (Å²) in [4.78, 5) is 12.6. The Morgan fingerprint density at radius 2 is 1.82 bits per heavy atom. The van der Waals surface area contributed by atoms with Crippen LogP contribution >= 0.6 is 0 Å². The van der Waals surface area contributed by atoms with Crippen molar-refractivity contribution in [3.8, 4) is 5.82 Å².